The van der Waals surface area contributed by atoms with Crippen LogP contribution in [0.25, 0.3) is 0 Å². The van der Waals surface area contributed by atoms with Gasteiger partial charge in [-0.05, 0) is 32.4 Å². The van der Waals surface area contributed by atoms with Crippen LogP contribution in [0.4, 0.5) is 5.95 Å². The summed E-state index contributed by atoms with van der Waals surface area (Å²) >= 11 is 5.75. The molecule has 0 radical (unpaired) electrons. The standard InChI is InChI=1S/C10H18ClN5O3S/c1-5-19-9-14-7(11)13-8(15-9)12-6-10(2,3)16-20(4,17)18/h16H,5-6H2,1-4H3,(H,12,13,14,15). The lowest BCUT2D eigenvalue weighted by Crippen LogP contribution is -2.47. The molecule has 0 saturated heterocycles. The van der Waals surface area contributed by atoms with E-state index >= 15 is 0 Å². The maximum atomic E-state index is 11.2. The van der Waals surface area contributed by atoms with Crippen molar-refractivity contribution in [2.75, 3.05) is 24.7 Å². The predicted octanol–water partition coefficient (Wildman–Crippen LogP) is 0.663. The second-order valence-electron chi connectivity index (χ2n) is 4.76. The first-order valence-corrected chi connectivity index (χ1v) is 8.15. The number of anilines is 1. The van der Waals surface area contributed by atoms with Gasteiger partial charge in [-0.3, -0.25) is 0 Å². The van der Waals surface area contributed by atoms with Gasteiger partial charge in [-0.25, -0.2) is 13.1 Å². The van der Waals surface area contributed by atoms with Crippen LogP contribution in [0.5, 0.6) is 6.01 Å². The number of nitrogens with one attached hydrogen (secondary N) is 2. The molecule has 0 aromatic carbocycles. The third-order valence-corrected chi connectivity index (χ3v) is 3.10. The number of aromatic nitrogens is 3. The number of nitrogens with zero attached hydrogens (tertiary/aromatic N) is 3. The Labute approximate surface area is 123 Å². The highest BCUT2D eigenvalue weighted by Gasteiger charge is 2.22. The number of ether oxygens (including phenoxy) is 1. The quantitative estimate of drug-likeness (QED) is 0.759. The number of rotatable bonds is 7. The highest BCUT2D eigenvalue weighted by atomic mass is 35.5. The molecular formula is C10H18ClN5O3S. The topological polar surface area (TPSA) is 106 Å². The van der Waals surface area contributed by atoms with Crippen molar-refractivity contribution in [1.29, 1.82) is 0 Å². The van der Waals surface area contributed by atoms with Crippen LogP contribution in [-0.2, 0) is 10.0 Å². The fourth-order valence-corrected chi connectivity index (χ4v) is 2.67. The zero-order chi connectivity index (χ0) is 15.4. The van der Waals surface area contributed by atoms with E-state index in [1.807, 2.05) is 0 Å². The van der Waals surface area contributed by atoms with Gasteiger partial charge in [-0.15, -0.1) is 0 Å². The van der Waals surface area contributed by atoms with Crippen molar-refractivity contribution in [3.8, 4) is 6.01 Å². The fraction of sp³-hybridized carbons (Fsp3) is 0.700. The Morgan fingerprint density at radius 1 is 1.30 bits per heavy atom. The summed E-state index contributed by atoms with van der Waals surface area (Å²) in [4.78, 5) is 11.7. The SMILES string of the molecule is CCOc1nc(Cl)nc(NCC(C)(C)NS(C)(=O)=O)n1. The Bertz CT molecular complexity index is 564. The molecule has 0 bridgehead atoms. The van der Waals surface area contributed by atoms with E-state index in [-0.39, 0.29) is 23.8 Å². The highest BCUT2D eigenvalue weighted by Crippen LogP contribution is 2.12. The molecule has 8 nitrogen and oxygen atoms in total. The second-order valence-corrected chi connectivity index (χ2v) is 6.84. The molecule has 10 heteroatoms. The summed E-state index contributed by atoms with van der Waals surface area (Å²) in [6.07, 6.45) is 1.10. The summed E-state index contributed by atoms with van der Waals surface area (Å²) in [7, 11) is -3.31. The van der Waals surface area contributed by atoms with Gasteiger partial charge in [0.25, 0.3) is 0 Å². The van der Waals surface area contributed by atoms with Gasteiger partial charge in [0.2, 0.25) is 21.3 Å². The Hall–Kier alpha value is -1.19. The number of sulfonamides is 1. The molecule has 0 fully saturated rings. The third-order valence-electron chi connectivity index (χ3n) is 2.01. The molecule has 0 unspecified atom stereocenters. The minimum atomic E-state index is -3.31. The van der Waals surface area contributed by atoms with Crippen LogP contribution in [0.3, 0.4) is 0 Å². The summed E-state index contributed by atoms with van der Waals surface area (Å²) in [5, 5.41) is 2.89. The minimum absolute atomic E-state index is 0.000159. The van der Waals surface area contributed by atoms with E-state index in [1.54, 1.807) is 20.8 Å². The number of hydrogen-bond donors (Lipinski definition) is 2. The molecule has 1 heterocycles. The van der Waals surface area contributed by atoms with E-state index in [1.165, 1.54) is 0 Å². The maximum Gasteiger partial charge on any atom is 0.322 e. The first-order valence-electron chi connectivity index (χ1n) is 5.88. The van der Waals surface area contributed by atoms with Crippen LogP contribution in [0.15, 0.2) is 0 Å². The largest absolute Gasteiger partial charge is 0.464 e. The lowest BCUT2D eigenvalue weighted by atomic mass is 10.1. The molecule has 2 N–H and O–H groups in total. The van der Waals surface area contributed by atoms with Crippen LogP contribution < -0.4 is 14.8 Å². The molecule has 114 valence electrons. The van der Waals surface area contributed by atoms with Crippen LogP contribution in [0.2, 0.25) is 5.28 Å². The molecule has 0 aliphatic carbocycles. The molecule has 0 aliphatic rings. The van der Waals surface area contributed by atoms with Gasteiger partial charge in [-0.1, -0.05) is 0 Å². The lowest BCUT2D eigenvalue weighted by molar-refractivity contribution is 0.312. The Kier molecular flexibility index (Phi) is 5.49. The third kappa shape index (κ3) is 6.31. The van der Waals surface area contributed by atoms with Gasteiger partial charge >= 0.3 is 6.01 Å². The van der Waals surface area contributed by atoms with E-state index in [0.29, 0.717) is 6.61 Å². The molecular weight excluding hydrogens is 306 g/mol. The number of halogens is 1. The average molecular weight is 324 g/mol. The first kappa shape index (κ1) is 16.9. The van der Waals surface area contributed by atoms with Crippen LogP contribution in [-0.4, -0.2) is 48.3 Å². The molecule has 0 amide bonds. The van der Waals surface area contributed by atoms with E-state index in [9.17, 15) is 8.42 Å². The second kappa shape index (κ2) is 6.51. The van der Waals surface area contributed by atoms with Crippen molar-refractivity contribution in [3.05, 3.63) is 5.28 Å². The van der Waals surface area contributed by atoms with Gasteiger partial charge in [0, 0.05) is 12.1 Å². The van der Waals surface area contributed by atoms with Crippen LogP contribution in [0, 0.1) is 0 Å². The summed E-state index contributed by atoms with van der Waals surface area (Å²) in [5.74, 6) is 0.219. The van der Waals surface area contributed by atoms with Crippen molar-refractivity contribution >= 4 is 27.6 Å². The molecule has 20 heavy (non-hydrogen) atoms. The fourth-order valence-electron chi connectivity index (χ4n) is 1.44. The molecule has 0 atom stereocenters. The van der Waals surface area contributed by atoms with Crippen LogP contribution >= 0.6 is 11.6 Å². The first-order chi connectivity index (χ1) is 9.11. The van der Waals surface area contributed by atoms with Crippen molar-refractivity contribution in [1.82, 2.24) is 19.7 Å². The summed E-state index contributed by atoms with van der Waals surface area (Å²) in [6, 6.07) is 0.115. The van der Waals surface area contributed by atoms with E-state index in [4.69, 9.17) is 16.3 Å². The predicted molar refractivity (Wildman–Crippen MR) is 76.6 cm³/mol. The van der Waals surface area contributed by atoms with E-state index < -0.39 is 15.6 Å². The summed E-state index contributed by atoms with van der Waals surface area (Å²) in [5.41, 5.74) is -0.710. The van der Waals surface area contributed by atoms with Gasteiger partial charge in [0.15, 0.2) is 0 Å². The lowest BCUT2D eigenvalue weighted by Gasteiger charge is -2.25. The Morgan fingerprint density at radius 2 is 1.95 bits per heavy atom. The highest BCUT2D eigenvalue weighted by molar-refractivity contribution is 7.88. The van der Waals surface area contributed by atoms with Crippen molar-refractivity contribution in [2.45, 2.75) is 26.3 Å². The van der Waals surface area contributed by atoms with Gasteiger partial charge in [-0.2, -0.15) is 15.0 Å². The van der Waals surface area contributed by atoms with Gasteiger partial charge < -0.3 is 10.1 Å². The van der Waals surface area contributed by atoms with E-state index in [2.05, 4.69) is 25.0 Å². The molecule has 0 spiro atoms. The zero-order valence-electron chi connectivity index (χ0n) is 11.8. The Balaban J connectivity index is 2.74. The minimum Gasteiger partial charge on any atom is -0.464 e. The van der Waals surface area contributed by atoms with Crippen LogP contribution in [0.1, 0.15) is 20.8 Å². The molecule has 1 aromatic heterocycles. The molecule has 0 saturated carbocycles. The molecule has 0 aliphatic heterocycles. The molecule has 1 aromatic rings. The molecule has 1 rings (SSSR count). The van der Waals surface area contributed by atoms with Gasteiger partial charge in [0.1, 0.15) is 0 Å². The average Bonchev–Trinajstić information content (AvgIpc) is 2.23. The Morgan fingerprint density at radius 3 is 2.50 bits per heavy atom. The summed E-state index contributed by atoms with van der Waals surface area (Å²) in [6.45, 7) is 5.93. The monoisotopic (exact) mass is 323 g/mol. The smallest absolute Gasteiger partial charge is 0.322 e. The van der Waals surface area contributed by atoms with E-state index in [0.717, 1.165) is 6.26 Å². The van der Waals surface area contributed by atoms with Crippen molar-refractivity contribution in [2.24, 2.45) is 0 Å². The maximum absolute atomic E-state index is 11.2. The van der Waals surface area contributed by atoms with Gasteiger partial charge in [0.05, 0.1) is 12.9 Å². The normalized spacial score (nSPS) is 12.2. The zero-order valence-corrected chi connectivity index (χ0v) is 13.3. The van der Waals surface area contributed by atoms with Crippen molar-refractivity contribution in [3.63, 3.8) is 0 Å². The summed E-state index contributed by atoms with van der Waals surface area (Å²) < 4.78 is 30.1. The number of hydrogen-bond acceptors (Lipinski definition) is 7. The van der Waals surface area contributed by atoms with Crippen molar-refractivity contribution < 1.29 is 13.2 Å².